The first kappa shape index (κ1) is 19.0. The molecule has 0 unspecified atom stereocenters. The molecular weight excluding hydrogens is 368 g/mol. The number of sulfone groups is 1. The van der Waals surface area contributed by atoms with Crippen molar-refractivity contribution in [3.05, 3.63) is 30.6 Å². The van der Waals surface area contributed by atoms with Crippen LogP contribution in [-0.4, -0.2) is 41.8 Å². The molecule has 144 valence electrons. The van der Waals surface area contributed by atoms with Crippen LogP contribution in [0.4, 0.5) is 5.82 Å². The van der Waals surface area contributed by atoms with Crippen LogP contribution < -0.4 is 15.2 Å². The largest absolute Gasteiger partial charge is 0.495 e. The normalized spacial score (nSPS) is 12.3. The Bertz CT molecular complexity index is 1110. The Morgan fingerprint density at radius 1 is 1.11 bits per heavy atom. The van der Waals surface area contributed by atoms with E-state index in [4.69, 9.17) is 15.2 Å². The number of hydrogen-bond acceptors (Lipinski definition) is 7. The van der Waals surface area contributed by atoms with Crippen molar-refractivity contribution in [2.45, 2.75) is 30.4 Å². The van der Waals surface area contributed by atoms with Crippen LogP contribution in [0, 0.1) is 0 Å². The van der Waals surface area contributed by atoms with Gasteiger partial charge in [-0.15, -0.1) is 0 Å². The van der Waals surface area contributed by atoms with Crippen LogP contribution in [0.2, 0.25) is 0 Å². The summed E-state index contributed by atoms with van der Waals surface area (Å²) in [5.74, 6) is 0.896. The van der Waals surface area contributed by atoms with Crippen molar-refractivity contribution in [3.8, 4) is 22.9 Å². The fraction of sp³-hybridized carbons (Fsp3) is 0.333. The van der Waals surface area contributed by atoms with Crippen LogP contribution in [0.1, 0.15) is 20.8 Å². The van der Waals surface area contributed by atoms with Gasteiger partial charge in [-0.1, -0.05) is 0 Å². The third kappa shape index (κ3) is 3.18. The van der Waals surface area contributed by atoms with Gasteiger partial charge < -0.3 is 15.2 Å². The number of pyridine rings is 2. The van der Waals surface area contributed by atoms with Crippen LogP contribution in [0.25, 0.3) is 16.9 Å². The maximum absolute atomic E-state index is 13.0. The van der Waals surface area contributed by atoms with E-state index < -0.39 is 14.6 Å². The molecule has 3 rings (SSSR count). The predicted octanol–water partition coefficient (Wildman–Crippen LogP) is 2.57. The molecule has 0 atom stereocenters. The highest BCUT2D eigenvalue weighted by Gasteiger charge is 2.34. The molecular formula is C18H22N4O4S. The highest BCUT2D eigenvalue weighted by Crippen LogP contribution is 2.34. The van der Waals surface area contributed by atoms with Gasteiger partial charge in [0.15, 0.2) is 9.84 Å². The third-order valence-corrected chi connectivity index (χ3v) is 6.72. The first-order valence-corrected chi connectivity index (χ1v) is 9.68. The number of fused-ring (bicyclic) bond motifs is 1. The summed E-state index contributed by atoms with van der Waals surface area (Å²) >= 11 is 0. The fourth-order valence-corrected chi connectivity index (χ4v) is 3.98. The summed E-state index contributed by atoms with van der Waals surface area (Å²) in [6, 6.07) is 4.99. The second-order valence-electron chi connectivity index (χ2n) is 7.02. The number of nitrogens with zero attached hydrogens (tertiary/aromatic N) is 3. The van der Waals surface area contributed by atoms with Crippen LogP contribution in [-0.2, 0) is 9.84 Å². The number of nitrogen functional groups attached to an aromatic ring is 1. The molecule has 3 heterocycles. The fourth-order valence-electron chi connectivity index (χ4n) is 2.67. The summed E-state index contributed by atoms with van der Waals surface area (Å²) in [5.41, 5.74) is 7.76. The molecule has 0 amide bonds. The molecule has 0 spiro atoms. The highest BCUT2D eigenvalue weighted by molar-refractivity contribution is 7.92. The number of imidazole rings is 1. The molecule has 3 aromatic heterocycles. The summed E-state index contributed by atoms with van der Waals surface area (Å²) in [4.78, 5) is 8.52. The number of methoxy groups -OCH3 is 2. The Kier molecular flexibility index (Phi) is 4.51. The first-order valence-electron chi connectivity index (χ1n) is 8.20. The van der Waals surface area contributed by atoms with E-state index in [0.717, 1.165) is 0 Å². The number of rotatable bonds is 4. The molecule has 0 saturated carbocycles. The third-order valence-electron chi connectivity index (χ3n) is 4.22. The summed E-state index contributed by atoms with van der Waals surface area (Å²) in [5, 5.41) is 0. The molecule has 0 bridgehead atoms. The molecule has 3 aromatic rings. The summed E-state index contributed by atoms with van der Waals surface area (Å²) in [6.45, 7) is 4.94. The summed E-state index contributed by atoms with van der Waals surface area (Å²) < 4.78 is 37.3. The molecule has 27 heavy (non-hydrogen) atoms. The number of anilines is 1. The molecule has 9 heteroatoms. The molecule has 0 aliphatic heterocycles. The van der Waals surface area contributed by atoms with Crippen molar-refractivity contribution in [2.24, 2.45) is 0 Å². The first-order chi connectivity index (χ1) is 12.6. The Morgan fingerprint density at radius 3 is 2.41 bits per heavy atom. The summed E-state index contributed by atoms with van der Waals surface area (Å²) in [6.07, 6.45) is 3.16. The van der Waals surface area contributed by atoms with Crippen molar-refractivity contribution in [1.82, 2.24) is 14.4 Å². The monoisotopic (exact) mass is 390 g/mol. The van der Waals surface area contributed by atoms with E-state index >= 15 is 0 Å². The van der Waals surface area contributed by atoms with Crippen molar-refractivity contribution < 1.29 is 17.9 Å². The number of nitrogens with two attached hydrogens (primary N) is 1. The zero-order chi connectivity index (χ0) is 20.0. The van der Waals surface area contributed by atoms with E-state index in [1.807, 2.05) is 0 Å². The van der Waals surface area contributed by atoms with Crippen molar-refractivity contribution in [2.75, 3.05) is 20.0 Å². The van der Waals surface area contributed by atoms with Gasteiger partial charge in [-0.2, -0.15) is 4.98 Å². The number of hydrogen-bond donors (Lipinski definition) is 1. The van der Waals surface area contributed by atoms with Gasteiger partial charge in [0.1, 0.15) is 22.1 Å². The van der Waals surface area contributed by atoms with Gasteiger partial charge in [0, 0.05) is 23.9 Å². The van der Waals surface area contributed by atoms with Crippen molar-refractivity contribution >= 4 is 21.3 Å². The Labute approximate surface area is 157 Å². The molecule has 0 aromatic carbocycles. The van der Waals surface area contributed by atoms with Gasteiger partial charge >= 0.3 is 0 Å². The van der Waals surface area contributed by atoms with Crippen LogP contribution in [0.15, 0.2) is 35.5 Å². The van der Waals surface area contributed by atoms with Gasteiger partial charge in [-0.3, -0.25) is 4.40 Å². The lowest BCUT2D eigenvalue weighted by molar-refractivity contribution is 0.398. The number of aromatic nitrogens is 3. The van der Waals surface area contributed by atoms with E-state index in [1.165, 1.54) is 20.4 Å². The lowest BCUT2D eigenvalue weighted by Crippen LogP contribution is -2.28. The zero-order valence-corrected chi connectivity index (χ0v) is 16.7. The molecule has 0 radical (unpaired) electrons. The average molecular weight is 390 g/mol. The second-order valence-corrected chi connectivity index (χ2v) is 9.69. The predicted molar refractivity (Wildman–Crippen MR) is 103 cm³/mol. The SMILES string of the molecule is COc1cc(-c2cnc3cc(OC)c(S(=O)(=O)C(C)(C)C)cn23)cc(N)n1. The lowest BCUT2D eigenvalue weighted by Gasteiger charge is -2.21. The molecule has 0 aliphatic carbocycles. The summed E-state index contributed by atoms with van der Waals surface area (Å²) in [7, 11) is -0.709. The smallest absolute Gasteiger partial charge is 0.215 e. The quantitative estimate of drug-likeness (QED) is 0.729. The van der Waals surface area contributed by atoms with Crippen LogP contribution in [0.3, 0.4) is 0 Å². The van der Waals surface area contributed by atoms with Crippen LogP contribution >= 0.6 is 0 Å². The second kappa shape index (κ2) is 6.41. The Balaban J connectivity index is 2.31. The van der Waals surface area contributed by atoms with E-state index in [2.05, 4.69) is 9.97 Å². The maximum atomic E-state index is 13.0. The van der Waals surface area contributed by atoms with E-state index in [1.54, 1.807) is 49.6 Å². The van der Waals surface area contributed by atoms with Gasteiger partial charge in [0.05, 0.1) is 30.9 Å². The minimum absolute atomic E-state index is 0.0956. The molecule has 2 N–H and O–H groups in total. The van der Waals surface area contributed by atoms with E-state index in [9.17, 15) is 8.42 Å². The molecule has 0 fully saturated rings. The molecule has 0 aliphatic rings. The minimum Gasteiger partial charge on any atom is -0.495 e. The maximum Gasteiger partial charge on any atom is 0.215 e. The Hall–Kier alpha value is -2.81. The zero-order valence-electron chi connectivity index (χ0n) is 15.8. The minimum atomic E-state index is -3.64. The molecule has 0 saturated heterocycles. The van der Waals surface area contributed by atoms with Gasteiger partial charge in [-0.05, 0) is 26.8 Å². The van der Waals surface area contributed by atoms with Gasteiger partial charge in [-0.25, -0.2) is 13.4 Å². The Morgan fingerprint density at radius 2 is 1.81 bits per heavy atom. The average Bonchev–Trinajstić information content (AvgIpc) is 3.01. The standard InChI is InChI=1S/C18H22N4O4S/c1-18(2,3)27(23,24)14-10-22-12(9-20-16(22)8-13(14)25-4)11-6-15(19)21-17(7-11)26-5/h6-10H,1-5H3,(H2,19,21). The van der Waals surface area contributed by atoms with Crippen LogP contribution in [0.5, 0.6) is 11.6 Å². The van der Waals surface area contributed by atoms with E-state index in [0.29, 0.717) is 22.8 Å². The number of ether oxygens (including phenoxy) is 2. The lowest BCUT2D eigenvalue weighted by atomic mass is 10.2. The highest BCUT2D eigenvalue weighted by atomic mass is 32.2. The topological polar surface area (TPSA) is 109 Å². The van der Waals surface area contributed by atoms with E-state index in [-0.39, 0.29) is 16.5 Å². The van der Waals surface area contributed by atoms with Gasteiger partial charge in [0.2, 0.25) is 5.88 Å². The molecule has 8 nitrogen and oxygen atoms in total. The van der Waals surface area contributed by atoms with Gasteiger partial charge in [0.25, 0.3) is 0 Å². The van der Waals surface area contributed by atoms with Crippen molar-refractivity contribution in [3.63, 3.8) is 0 Å². The van der Waals surface area contributed by atoms with Crippen molar-refractivity contribution in [1.29, 1.82) is 0 Å².